The number of anilines is 2. The number of rotatable bonds is 8. The molecule has 0 aliphatic heterocycles. The van der Waals surface area contributed by atoms with Crippen LogP contribution in [-0.4, -0.2) is 28.0 Å². The SMILES string of the molecule is CC(Oc1ccccc1Cl)C(=O)Nc1ccc(NC(=S)NC(=O)/C=C/c2cccc([N+](=O)[O-])c2)cc1. The minimum Gasteiger partial charge on any atom is -0.479 e. The molecule has 11 heteroatoms. The molecule has 0 saturated carbocycles. The van der Waals surface area contributed by atoms with E-state index in [1.807, 2.05) is 0 Å². The molecule has 9 nitrogen and oxygen atoms in total. The number of nitrogens with one attached hydrogen (secondary N) is 3. The highest BCUT2D eigenvalue weighted by Crippen LogP contribution is 2.24. The van der Waals surface area contributed by atoms with Gasteiger partial charge in [-0.25, -0.2) is 0 Å². The van der Waals surface area contributed by atoms with Gasteiger partial charge < -0.3 is 15.4 Å². The highest BCUT2D eigenvalue weighted by molar-refractivity contribution is 7.80. The number of benzene rings is 3. The molecule has 0 aromatic heterocycles. The number of nitro benzene ring substituents is 1. The highest BCUT2D eigenvalue weighted by Gasteiger charge is 2.16. The van der Waals surface area contributed by atoms with Gasteiger partial charge in [0.05, 0.1) is 9.95 Å². The van der Waals surface area contributed by atoms with Gasteiger partial charge in [0.2, 0.25) is 5.91 Å². The maximum Gasteiger partial charge on any atom is 0.270 e. The summed E-state index contributed by atoms with van der Waals surface area (Å²) in [4.78, 5) is 34.9. The smallest absolute Gasteiger partial charge is 0.270 e. The molecule has 1 atom stereocenters. The van der Waals surface area contributed by atoms with Crippen LogP contribution in [0.15, 0.2) is 78.9 Å². The number of nitro groups is 1. The summed E-state index contributed by atoms with van der Waals surface area (Å²) in [6.07, 6.45) is 1.89. The third kappa shape index (κ3) is 7.90. The molecule has 36 heavy (non-hydrogen) atoms. The Balaban J connectivity index is 1.48. The van der Waals surface area contributed by atoms with Crippen LogP contribution in [-0.2, 0) is 9.59 Å². The molecule has 0 aliphatic carbocycles. The van der Waals surface area contributed by atoms with Gasteiger partial charge in [-0.15, -0.1) is 0 Å². The number of halogens is 1. The molecule has 2 amide bonds. The first-order valence-corrected chi connectivity index (χ1v) is 11.4. The first-order chi connectivity index (χ1) is 17.2. The van der Waals surface area contributed by atoms with Crippen molar-refractivity contribution in [3.05, 3.63) is 99.6 Å². The highest BCUT2D eigenvalue weighted by atomic mass is 35.5. The lowest BCUT2D eigenvalue weighted by atomic mass is 10.2. The summed E-state index contributed by atoms with van der Waals surface area (Å²) < 4.78 is 5.61. The first kappa shape index (κ1) is 26.3. The van der Waals surface area contributed by atoms with Crippen molar-refractivity contribution < 1.29 is 19.2 Å². The maximum atomic E-state index is 12.4. The van der Waals surface area contributed by atoms with E-state index in [-0.39, 0.29) is 16.7 Å². The fourth-order valence-corrected chi connectivity index (χ4v) is 3.29. The van der Waals surface area contributed by atoms with Crippen molar-refractivity contribution in [1.29, 1.82) is 0 Å². The zero-order chi connectivity index (χ0) is 26.1. The minimum atomic E-state index is -0.777. The van der Waals surface area contributed by atoms with Crippen molar-refractivity contribution in [2.24, 2.45) is 0 Å². The van der Waals surface area contributed by atoms with E-state index in [0.717, 1.165) is 0 Å². The molecule has 184 valence electrons. The number of carbonyl (C=O) groups excluding carboxylic acids is 2. The number of hydrogen-bond donors (Lipinski definition) is 3. The van der Waals surface area contributed by atoms with Crippen molar-refractivity contribution in [3.8, 4) is 5.75 Å². The number of amides is 2. The summed E-state index contributed by atoms with van der Waals surface area (Å²) in [6.45, 7) is 1.61. The Labute approximate surface area is 217 Å². The molecule has 3 N–H and O–H groups in total. The third-order valence-corrected chi connectivity index (χ3v) is 5.18. The molecule has 0 aliphatic rings. The Morgan fingerprint density at radius 3 is 2.36 bits per heavy atom. The number of non-ortho nitro benzene ring substituents is 1. The second kappa shape index (κ2) is 12.4. The van der Waals surface area contributed by atoms with Crippen molar-refractivity contribution in [2.45, 2.75) is 13.0 Å². The van der Waals surface area contributed by atoms with Crippen LogP contribution in [0.4, 0.5) is 17.1 Å². The molecular weight excluding hydrogens is 504 g/mol. The summed E-state index contributed by atoms with van der Waals surface area (Å²) in [5.74, 6) is -0.443. The predicted molar refractivity (Wildman–Crippen MR) is 143 cm³/mol. The van der Waals surface area contributed by atoms with E-state index < -0.39 is 16.9 Å². The topological polar surface area (TPSA) is 123 Å². The van der Waals surface area contributed by atoms with Crippen LogP contribution in [0.1, 0.15) is 12.5 Å². The zero-order valence-corrected chi connectivity index (χ0v) is 20.5. The van der Waals surface area contributed by atoms with Gasteiger partial charge in [0.1, 0.15) is 5.75 Å². The Kier molecular flexibility index (Phi) is 9.09. The maximum absolute atomic E-state index is 12.4. The van der Waals surface area contributed by atoms with E-state index in [2.05, 4.69) is 16.0 Å². The van der Waals surface area contributed by atoms with Gasteiger partial charge in [0, 0.05) is 29.6 Å². The van der Waals surface area contributed by atoms with Gasteiger partial charge in [-0.3, -0.25) is 25.0 Å². The summed E-state index contributed by atoms with van der Waals surface area (Å²) in [5.41, 5.74) is 1.55. The normalized spacial score (nSPS) is 11.4. The van der Waals surface area contributed by atoms with E-state index >= 15 is 0 Å². The van der Waals surface area contributed by atoms with E-state index in [1.54, 1.807) is 61.5 Å². The Morgan fingerprint density at radius 1 is 1.03 bits per heavy atom. The standard InChI is InChI=1S/C25H21ClN4O5S/c1-16(35-22-8-3-2-7-21(22)26)24(32)27-18-10-12-19(13-11-18)28-25(36)29-23(31)14-9-17-5-4-6-20(15-17)30(33)34/h2-16H,1H3,(H,27,32)(H2,28,29,31,36)/b14-9+. The summed E-state index contributed by atoms with van der Waals surface area (Å²) >= 11 is 11.2. The van der Waals surface area contributed by atoms with E-state index in [9.17, 15) is 19.7 Å². The van der Waals surface area contributed by atoms with Gasteiger partial charge >= 0.3 is 0 Å². The molecule has 0 fully saturated rings. The average Bonchev–Trinajstić information content (AvgIpc) is 2.85. The second-order valence-electron chi connectivity index (χ2n) is 7.39. The molecule has 3 rings (SSSR count). The molecule has 0 radical (unpaired) electrons. The molecule has 3 aromatic carbocycles. The van der Waals surface area contributed by atoms with E-state index in [1.165, 1.54) is 30.4 Å². The number of carbonyl (C=O) groups is 2. The fraction of sp³-hybridized carbons (Fsp3) is 0.0800. The lowest BCUT2D eigenvalue weighted by molar-refractivity contribution is -0.384. The summed E-state index contributed by atoms with van der Waals surface area (Å²) in [5, 5.41) is 19.4. The van der Waals surface area contributed by atoms with Gasteiger partial charge in [0.15, 0.2) is 11.2 Å². The number of ether oxygens (including phenoxy) is 1. The second-order valence-corrected chi connectivity index (χ2v) is 8.20. The lowest BCUT2D eigenvalue weighted by Gasteiger charge is -2.16. The monoisotopic (exact) mass is 524 g/mol. The van der Waals surface area contributed by atoms with Gasteiger partial charge in [-0.05, 0) is 67.2 Å². The van der Waals surface area contributed by atoms with Crippen LogP contribution in [0, 0.1) is 10.1 Å². The van der Waals surface area contributed by atoms with Crippen LogP contribution in [0.3, 0.4) is 0 Å². The minimum absolute atomic E-state index is 0.0576. The van der Waals surface area contributed by atoms with Crippen molar-refractivity contribution in [2.75, 3.05) is 10.6 Å². The number of hydrogen-bond acceptors (Lipinski definition) is 6. The zero-order valence-electron chi connectivity index (χ0n) is 18.9. The van der Waals surface area contributed by atoms with E-state index in [0.29, 0.717) is 27.7 Å². The van der Waals surface area contributed by atoms with Crippen molar-refractivity contribution >= 4 is 63.9 Å². The van der Waals surface area contributed by atoms with Crippen LogP contribution >= 0.6 is 23.8 Å². The van der Waals surface area contributed by atoms with Crippen molar-refractivity contribution in [3.63, 3.8) is 0 Å². The Hall–Kier alpha value is -4.28. The number of thiocarbonyl (C=S) groups is 1. The Morgan fingerprint density at radius 2 is 1.69 bits per heavy atom. The van der Waals surface area contributed by atoms with Gasteiger partial charge in [0.25, 0.3) is 11.6 Å². The largest absolute Gasteiger partial charge is 0.479 e. The molecule has 0 saturated heterocycles. The Bertz CT molecular complexity index is 1310. The molecule has 1 unspecified atom stereocenters. The molecule has 0 heterocycles. The van der Waals surface area contributed by atoms with Crippen LogP contribution in [0.5, 0.6) is 5.75 Å². The van der Waals surface area contributed by atoms with E-state index in [4.69, 9.17) is 28.6 Å². The molecule has 3 aromatic rings. The molecule has 0 bridgehead atoms. The molecular formula is C25H21ClN4O5S. The number of nitrogens with zero attached hydrogens (tertiary/aromatic N) is 1. The third-order valence-electron chi connectivity index (χ3n) is 4.66. The van der Waals surface area contributed by atoms with Crippen LogP contribution < -0.4 is 20.7 Å². The first-order valence-electron chi connectivity index (χ1n) is 10.6. The quantitative estimate of drug-likeness (QED) is 0.160. The van der Waals surface area contributed by atoms with Gasteiger partial charge in [-0.1, -0.05) is 35.9 Å². The van der Waals surface area contributed by atoms with Crippen LogP contribution in [0.2, 0.25) is 5.02 Å². The van der Waals surface area contributed by atoms with Gasteiger partial charge in [-0.2, -0.15) is 0 Å². The fourth-order valence-electron chi connectivity index (χ4n) is 2.89. The summed E-state index contributed by atoms with van der Waals surface area (Å²) in [7, 11) is 0. The predicted octanol–water partition coefficient (Wildman–Crippen LogP) is 5.18. The number of para-hydroxylation sites is 1. The van der Waals surface area contributed by atoms with Crippen LogP contribution in [0.25, 0.3) is 6.08 Å². The lowest BCUT2D eigenvalue weighted by Crippen LogP contribution is -2.32. The summed E-state index contributed by atoms with van der Waals surface area (Å²) in [6, 6.07) is 19.4. The average molecular weight is 525 g/mol. The van der Waals surface area contributed by atoms with Crippen molar-refractivity contribution in [1.82, 2.24) is 5.32 Å². The molecule has 0 spiro atoms.